The molecule has 2 aromatic heterocycles. The number of fused-ring (bicyclic) bond motifs is 1. The Morgan fingerprint density at radius 3 is 2.54 bits per heavy atom. The maximum absolute atomic E-state index is 15.4. The van der Waals surface area contributed by atoms with Crippen LogP contribution in [0.3, 0.4) is 0 Å². The van der Waals surface area contributed by atoms with Crippen molar-refractivity contribution in [1.29, 1.82) is 5.41 Å². The molecule has 1 fully saturated rings. The highest BCUT2D eigenvalue weighted by atomic mass is 19.2. The highest BCUT2D eigenvalue weighted by molar-refractivity contribution is 5.98. The summed E-state index contributed by atoms with van der Waals surface area (Å²) in [6, 6.07) is 3.15. The van der Waals surface area contributed by atoms with E-state index < -0.39 is 40.6 Å². The molecule has 1 aliphatic rings. The van der Waals surface area contributed by atoms with Gasteiger partial charge in [-0.25, -0.2) is 27.8 Å². The van der Waals surface area contributed by atoms with Gasteiger partial charge < -0.3 is 15.9 Å². The lowest BCUT2D eigenvalue weighted by Gasteiger charge is -2.32. The minimum absolute atomic E-state index is 0.0242. The Labute approximate surface area is 219 Å². The molecule has 202 valence electrons. The quantitative estimate of drug-likeness (QED) is 0.184. The number of nitrogens with one attached hydrogen (secondary N) is 1. The Balaban J connectivity index is 1.52. The summed E-state index contributed by atoms with van der Waals surface area (Å²) < 4.78 is 77.2. The van der Waals surface area contributed by atoms with Gasteiger partial charge in [-0.05, 0) is 37.1 Å². The molecule has 3 N–H and O–H groups in total. The predicted octanol–water partition coefficient (Wildman–Crippen LogP) is 5.41. The summed E-state index contributed by atoms with van der Waals surface area (Å²) in [5.41, 5.74) is 7.32. The molecule has 0 radical (unpaired) electrons. The number of halogens is 5. The Bertz CT molecular complexity index is 1580. The SMILES string of the molecule is C=C(C=N)CN1CCCC(n2nc(-c3ccc(Oc4c(F)c(F)cc(F)c4F)cc3F)c3c(N)ncnc32)C1. The molecule has 1 atom stereocenters. The molecule has 13 heteroatoms. The highest BCUT2D eigenvalue weighted by Crippen LogP contribution is 2.37. The average Bonchev–Trinajstić information content (AvgIpc) is 3.31. The van der Waals surface area contributed by atoms with Gasteiger partial charge in [0.1, 0.15) is 29.4 Å². The lowest BCUT2D eigenvalue weighted by molar-refractivity contribution is 0.186. The molecule has 1 unspecified atom stereocenters. The molecule has 0 aliphatic carbocycles. The molecule has 0 bridgehead atoms. The van der Waals surface area contributed by atoms with E-state index >= 15 is 4.39 Å². The number of aromatic nitrogens is 4. The van der Waals surface area contributed by atoms with Crippen LogP contribution in [-0.4, -0.2) is 50.5 Å². The van der Waals surface area contributed by atoms with Crippen molar-refractivity contribution in [3.05, 3.63) is 71.8 Å². The molecule has 0 saturated carbocycles. The first-order valence-corrected chi connectivity index (χ1v) is 11.9. The van der Waals surface area contributed by atoms with Crippen LogP contribution in [0.4, 0.5) is 27.8 Å². The lowest BCUT2D eigenvalue weighted by atomic mass is 10.1. The largest absolute Gasteiger partial charge is 0.451 e. The summed E-state index contributed by atoms with van der Waals surface area (Å²) in [5.74, 6) is -9.37. The summed E-state index contributed by atoms with van der Waals surface area (Å²) in [6.45, 7) is 5.79. The van der Waals surface area contributed by atoms with Crippen LogP contribution < -0.4 is 10.5 Å². The highest BCUT2D eigenvalue weighted by Gasteiger charge is 2.28. The van der Waals surface area contributed by atoms with E-state index in [0.29, 0.717) is 29.7 Å². The first kappa shape index (κ1) is 26.2. The fraction of sp³-hybridized carbons (Fsp3) is 0.231. The number of ether oxygens (including phenoxy) is 1. The zero-order valence-electron chi connectivity index (χ0n) is 20.4. The second-order valence-electron chi connectivity index (χ2n) is 9.13. The van der Waals surface area contributed by atoms with Crippen molar-refractivity contribution in [2.75, 3.05) is 25.4 Å². The third-order valence-corrected chi connectivity index (χ3v) is 6.46. The lowest BCUT2D eigenvalue weighted by Crippen LogP contribution is -2.38. The number of nitrogens with two attached hydrogens (primary N) is 1. The Kier molecular flexibility index (Phi) is 7.00. The number of piperidine rings is 1. The third-order valence-electron chi connectivity index (χ3n) is 6.46. The van der Waals surface area contributed by atoms with Crippen LogP contribution in [0.1, 0.15) is 18.9 Å². The van der Waals surface area contributed by atoms with E-state index in [1.165, 1.54) is 24.7 Å². The summed E-state index contributed by atoms with van der Waals surface area (Å²) in [4.78, 5) is 10.5. The van der Waals surface area contributed by atoms with Gasteiger partial charge in [-0.15, -0.1) is 0 Å². The predicted molar refractivity (Wildman–Crippen MR) is 134 cm³/mol. The number of nitrogens with zero attached hydrogens (tertiary/aromatic N) is 5. The van der Waals surface area contributed by atoms with Crippen molar-refractivity contribution in [2.24, 2.45) is 0 Å². The Morgan fingerprint density at radius 1 is 1.10 bits per heavy atom. The molecule has 3 heterocycles. The molecular formula is C26H22F5N7O. The van der Waals surface area contributed by atoms with E-state index in [9.17, 15) is 17.6 Å². The molecular weight excluding hydrogens is 521 g/mol. The second kappa shape index (κ2) is 10.4. The number of likely N-dealkylation sites (tertiary alicyclic amines) is 1. The topological polar surface area (TPSA) is 106 Å². The van der Waals surface area contributed by atoms with Crippen LogP contribution in [0, 0.1) is 34.5 Å². The molecule has 4 aromatic rings. The van der Waals surface area contributed by atoms with Crippen molar-refractivity contribution in [2.45, 2.75) is 18.9 Å². The van der Waals surface area contributed by atoms with Gasteiger partial charge in [-0.2, -0.15) is 13.9 Å². The molecule has 0 amide bonds. The van der Waals surface area contributed by atoms with E-state index in [2.05, 4.69) is 26.5 Å². The first-order chi connectivity index (χ1) is 18.7. The molecule has 39 heavy (non-hydrogen) atoms. The standard InChI is InChI=1S/C26H22F5N7O/c1-13(9-32)10-37-6-2-3-14(11-37)38-26-20(25(33)34-12-35-26)23(36-38)16-5-4-15(7-17(16)27)39-24-21(30)18(28)8-19(29)22(24)31/h4-5,7-9,12,14,32H,1-3,6,10-11H2,(H2,33,34,35). The van der Waals surface area contributed by atoms with Gasteiger partial charge in [0.25, 0.3) is 0 Å². The van der Waals surface area contributed by atoms with Crippen molar-refractivity contribution < 1.29 is 26.7 Å². The van der Waals surface area contributed by atoms with Gasteiger partial charge in [-0.1, -0.05) is 6.58 Å². The summed E-state index contributed by atoms with van der Waals surface area (Å²) in [6.07, 6.45) is 4.11. The molecule has 0 spiro atoms. The Morgan fingerprint density at radius 2 is 1.85 bits per heavy atom. The number of rotatable bonds is 7. The monoisotopic (exact) mass is 543 g/mol. The van der Waals surface area contributed by atoms with E-state index in [-0.39, 0.29) is 29.2 Å². The molecule has 1 saturated heterocycles. The van der Waals surface area contributed by atoms with Crippen LogP contribution >= 0.6 is 0 Å². The molecule has 2 aromatic carbocycles. The summed E-state index contributed by atoms with van der Waals surface area (Å²) >= 11 is 0. The fourth-order valence-corrected chi connectivity index (χ4v) is 4.66. The van der Waals surface area contributed by atoms with E-state index in [4.69, 9.17) is 15.9 Å². The Hall–Kier alpha value is -4.39. The summed E-state index contributed by atoms with van der Waals surface area (Å²) in [5, 5.41) is 12.4. The van der Waals surface area contributed by atoms with Crippen LogP contribution in [0.5, 0.6) is 11.5 Å². The van der Waals surface area contributed by atoms with Crippen molar-refractivity contribution in [1.82, 2.24) is 24.6 Å². The normalized spacial score (nSPS) is 16.0. The number of hydrogen-bond donors (Lipinski definition) is 2. The van der Waals surface area contributed by atoms with Crippen molar-refractivity contribution in [3.8, 4) is 22.8 Å². The van der Waals surface area contributed by atoms with Gasteiger partial charge in [-0.3, -0.25) is 4.90 Å². The van der Waals surface area contributed by atoms with E-state index in [1.807, 2.05) is 0 Å². The first-order valence-electron chi connectivity index (χ1n) is 11.9. The maximum atomic E-state index is 15.4. The number of anilines is 1. The average molecular weight is 544 g/mol. The maximum Gasteiger partial charge on any atom is 0.204 e. The van der Waals surface area contributed by atoms with Gasteiger partial charge in [0.15, 0.2) is 17.3 Å². The van der Waals surface area contributed by atoms with Crippen molar-refractivity contribution in [3.63, 3.8) is 0 Å². The van der Waals surface area contributed by atoms with Crippen LogP contribution in [0.2, 0.25) is 0 Å². The molecule has 5 rings (SSSR count). The number of hydrogen-bond acceptors (Lipinski definition) is 7. The van der Waals surface area contributed by atoms with Gasteiger partial charge in [0.05, 0.1) is 11.4 Å². The zero-order valence-corrected chi connectivity index (χ0v) is 20.4. The van der Waals surface area contributed by atoms with E-state index in [0.717, 1.165) is 25.5 Å². The van der Waals surface area contributed by atoms with Gasteiger partial charge in [0.2, 0.25) is 17.4 Å². The van der Waals surface area contributed by atoms with Crippen LogP contribution in [0.25, 0.3) is 22.3 Å². The van der Waals surface area contributed by atoms with Crippen molar-refractivity contribution >= 4 is 23.1 Å². The van der Waals surface area contributed by atoms with E-state index in [1.54, 1.807) is 4.68 Å². The number of benzene rings is 2. The number of nitrogen functional groups attached to an aromatic ring is 1. The second-order valence-corrected chi connectivity index (χ2v) is 9.13. The minimum atomic E-state index is -1.75. The third kappa shape index (κ3) is 4.92. The van der Waals surface area contributed by atoms with Crippen LogP contribution in [-0.2, 0) is 0 Å². The summed E-state index contributed by atoms with van der Waals surface area (Å²) in [7, 11) is 0. The smallest absolute Gasteiger partial charge is 0.204 e. The van der Waals surface area contributed by atoms with Crippen LogP contribution in [0.15, 0.2) is 42.7 Å². The molecule has 8 nitrogen and oxygen atoms in total. The fourth-order valence-electron chi connectivity index (χ4n) is 4.66. The minimum Gasteiger partial charge on any atom is -0.451 e. The molecule has 1 aliphatic heterocycles. The van der Waals surface area contributed by atoms with Gasteiger partial charge >= 0.3 is 0 Å². The zero-order chi connectivity index (χ0) is 27.8. The van der Waals surface area contributed by atoms with Gasteiger partial charge in [0, 0.05) is 37.0 Å².